The molecule has 9 heteroatoms. The van der Waals surface area contributed by atoms with E-state index in [4.69, 9.17) is 0 Å². The summed E-state index contributed by atoms with van der Waals surface area (Å²) in [6.45, 7) is 9.02. The molecule has 2 aromatic rings. The van der Waals surface area contributed by atoms with Gasteiger partial charge in [0.25, 0.3) is 0 Å². The third-order valence-corrected chi connectivity index (χ3v) is 9.95. The van der Waals surface area contributed by atoms with Crippen LogP contribution in [0.4, 0.5) is 0 Å². The average Bonchev–Trinajstić information content (AvgIpc) is 2.80. The fraction of sp³-hybridized carbons (Fsp3) is 0.480. The lowest BCUT2D eigenvalue weighted by molar-refractivity contribution is -0.142. The van der Waals surface area contributed by atoms with Gasteiger partial charge in [0.2, 0.25) is 10.0 Å². The van der Waals surface area contributed by atoms with Crippen LogP contribution in [0.25, 0.3) is 11.1 Å². The Morgan fingerprint density at radius 1 is 0.971 bits per heavy atom. The second-order valence-electron chi connectivity index (χ2n) is 9.61. The maximum Gasteiger partial charge on any atom is 0.323 e. The molecular formula is C25H33N3O4S2. The van der Waals surface area contributed by atoms with Gasteiger partial charge in [0.1, 0.15) is 6.04 Å². The molecule has 0 radical (unpaired) electrons. The lowest BCUT2D eigenvalue weighted by atomic mass is 10.0. The summed E-state index contributed by atoms with van der Waals surface area (Å²) in [5.74, 6) is -0.553. The van der Waals surface area contributed by atoms with Gasteiger partial charge in [-0.2, -0.15) is 16.1 Å². The van der Waals surface area contributed by atoms with E-state index in [1.807, 2.05) is 0 Å². The maximum absolute atomic E-state index is 13.3. The van der Waals surface area contributed by atoms with E-state index in [2.05, 4.69) is 41.1 Å². The topological polar surface area (TPSA) is 81.2 Å². The largest absolute Gasteiger partial charge is 0.480 e. The van der Waals surface area contributed by atoms with Gasteiger partial charge >= 0.3 is 5.97 Å². The third-order valence-electron chi connectivity index (χ3n) is 6.72. The fourth-order valence-corrected chi connectivity index (χ4v) is 7.75. The van der Waals surface area contributed by atoms with Crippen molar-refractivity contribution in [2.75, 3.05) is 45.5 Å². The van der Waals surface area contributed by atoms with E-state index in [0.29, 0.717) is 5.75 Å². The minimum absolute atomic E-state index is 0.122. The average molecular weight is 504 g/mol. The van der Waals surface area contributed by atoms with Crippen molar-refractivity contribution in [2.45, 2.75) is 36.1 Å². The van der Waals surface area contributed by atoms with E-state index < -0.39 is 26.8 Å². The van der Waals surface area contributed by atoms with Crippen LogP contribution in [0.3, 0.4) is 0 Å². The van der Waals surface area contributed by atoms with Gasteiger partial charge in [-0.1, -0.05) is 36.4 Å². The van der Waals surface area contributed by atoms with Gasteiger partial charge in [-0.15, -0.1) is 0 Å². The number of carbonyl (C=O) groups is 1. The molecule has 2 saturated heterocycles. The van der Waals surface area contributed by atoms with Crippen molar-refractivity contribution < 1.29 is 18.3 Å². The first kappa shape index (κ1) is 25.2. The standard InChI is InChI=1S/C25H33N3O4S2/c1-25(2)23(24(29)30)28(16-17-33-25)34(31,32)22-10-8-21(9-11-22)20-6-4-19(5-7-20)18-27-14-12-26(3)13-15-27/h4-11,23H,12-18H2,1-3H3,(H,29,30). The van der Waals surface area contributed by atoms with Crippen molar-refractivity contribution in [1.82, 2.24) is 14.1 Å². The van der Waals surface area contributed by atoms with Gasteiger partial charge in [0.15, 0.2) is 0 Å². The monoisotopic (exact) mass is 503 g/mol. The van der Waals surface area contributed by atoms with Crippen molar-refractivity contribution in [3.8, 4) is 11.1 Å². The lowest BCUT2D eigenvalue weighted by Crippen LogP contribution is -2.58. The highest BCUT2D eigenvalue weighted by molar-refractivity contribution is 8.00. The molecule has 2 aliphatic rings. The van der Waals surface area contributed by atoms with E-state index in [0.717, 1.165) is 48.2 Å². The van der Waals surface area contributed by atoms with Crippen molar-refractivity contribution in [3.05, 3.63) is 54.1 Å². The van der Waals surface area contributed by atoms with Crippen molar-refractivity contribution in [3.63, 3.8) is 0 Å². The van der Waals surface area contributed by atoms with Gasteiger partial charge in [-0.3, -0.25) is 9.69 Å². The number of hydrogen-bond acceptors (Lipinski definition) is 6. The van der Waals surface area contributed by atoms with Crippen molar-refractivity contribution in [2.24, 2.45) is 0 Å². The Bertz CT molecular complexity index is 1110. The number of carboxylic acid groups (broad SMARTS) is 1. The highest BCUT2D eigenvalue weighted by atomic mass is 32.2. The maximum atomic E-state index is 13.3. The second-order valence-corrected chi connectivity index (χ2v) is 13.2. The molecule has 4 rings (SSSR count). The number of thioether (sulfide) groups is 1. The Morgan fingerprint density at radius 3 is 2.09 bits per heavy atom. The molecule has 0 aromatic heterocycles. The summed E-state index contributed by atoms with van der Waals surface area (Å²) in [5, 5.41) is 9.76. The zero-order valence-corrected chi connectivity index (χ0v) is 21.6. The predicted molar refractivity (Wildman–Crippen MR) is 137 cm³/mol. The molecule has 184 valence electrons. The molecule has 1 unspecified atom stereocenters. The molecule has 0 saturated carbocycles. The number of aliphatic carboxylic acids is 1. The van der Waals surface area contributed by atoms with Crippen LogP contribution in [0, 0.1) is 0 Å². The number of benzene rings is 2. The quantitative estimate of drug-likeness (QED) is 0.649. The highest BCUT2D eigenvalue weighted by Gasteiger charge is 2.48. The molecule has 2 aliphatic heterocycles. The lowest BCUT2D eigenvalue weighted by Gasteiger charge is -2.42. The van der Waals surface area contributed by atoms with Crippen LogP contribution in [0.1, 0.15) is 19.4 Å². The molecule has 7 nitrogen and oxygen atoms in total. The first-order valence-electron chi connectivity index (χ1n) is 11.6. The van der Waals surface area contributed by atoms with Crippen LogP contribution in [0.5, 0.6) is 0 Å². The van der Waals surface area contributed by atoms with E-state index in [-0.39, 0.29) is 11.4 Å². The molecule has 2 fully saturated rings. The van der Waals surface area contributed by atoms with Crippen molar-refractivity contribution in [1.29, 1.82) is 0 Å². The molecule has 0 aliphatic carbocycles. The molecule has 2 heterocycles. The number of carboxylic acids is 1. The Labute approximate surface area is 206 Å². The van der Waals surface area contributed by atoms with E-state index in [9.17, 15) is 18.3 Å². The fourth-order valence-electron chi connectivity index (χ4n) is 4.65. The van der Waals surface area contributed by atoms with Crippen LogP contribution >= 0.6 is 11.8 Å². The van der Waals surface area contributed by atoms with Gasteiger partial charge in [0.05, 0.1) is 4.90 Å². The van der Waals surface area contributed by atoms with E-state index in [1.54, 1.807) is 38.1 Å². The predicted octanol–water partition coefficient (Wildman–Crippen LogP) is 3.07. The molecule has 2 aromatic carbocycles. The molecule has 34 heavy (non-hydrogen) atoms. The third kappa shape index (κ3) is 5.33. The van der Waals surface area contributed by atoms with E-state index in [1.165, 1.54) is 17.3 Å². The minimum Gasteiger partial charge on any atom is -0.480 e. The smallest absolute Gasteiger partial charge is 0.323 e. The molecule has 1 atom stereocenters. The number of piperazine rings is 1. The Morgan fingerprint density at radius 2 is 1.53 bits per heavy atom. The normalized spacial score (nSPS) is 22.5. The summed E-state index contributed by atoms with van der Waals surface area (Å²) in [7, 11) is -1.77. The molecule has 0 amide bonds. The summed E-state index contributed by atoms with van der Waals surface area (Å²) in [4.78, 5) is 16.9. The van der Waals surface area contributed by atoms with Gasteiger partial charge in [0, 0.05) is 49.8 Å². The summed E-state index contributed by atoms with van der Waals surface area (Å²) in [6, 6.07) is 14.0. The number of likely N-dealkylation sites (N-methyl/N-ethyl adjacent to an activating group) is 1. The summed E-state index contributed by atoms with van der Waals surface area (Å²) in [6.07, 6.45) is 0. The van der Waals surface area contributed by atoms with Crippen LogP contribution in [0.2, 0.25) is 0 Å². The Balaban J connectivity index is 1.48. The highest BCUT2D eigenvalue weighted by Crippen LogP contribution is 2.38. The first-order chi connectivity index (χ1) is 16.1. The van der Waals surface area contributed by atoms with Gasteiger partial charge in [-0.05, 0) is 49.7 Å². The number of rotatable bonds is 6. The molecule has 1 N–H and O–H groups in total. The molecule has 0 bridgehead atoms. The number of sulfonamides is 1. The molecular weight excluding hydrogens is 470 g/mol. The number of nitrogens with zero attached hydrogens (tertiary/aromatic N) is 3. The zero-order valence-electron chi connectivity index (χ0n) is 20.0. The van der Waals surface area contributed by atoms with Gasteiger partial charge < -0.3 is 10.0 Å². The first-order valence-corrected chi connectivity index (χ1v) is 14.0. The molecule has 0 spiro atoms. The van der Waals surface area contributed by atoms with Crippen LogP contribution in [-0.2, 0) is 21.4 Å². The van der Waals surface area contributed by atoms with Crippen LogP contribution in [-0.4, -0.2) is 89.9 Å². The van der Waals surface area contributed by atoms with Crippen LogP contribution in [0.15, 0.2) is 53.4 Å². The van der Waals surface area contributed by atoms with Crippen molar-refractivity contribution >= 4 is 27.8 Å². The Hall–Kier alpha value is -1.91. The van der Waals surface area contributed by atoms with Gasteiger partial charge in [-0.25, -0.2) is 8.42 Å². The summed E-state index contributed by atoms with van der Waals surface area (Å²) >= 11 is 1.49. The SMILES string of the molecule is CN1CCN(Cc2ccc(-c3ccc(S(=O)(=O)N4CCSC(C)(C)C4C(=O)O)cc3)cc2)CC1. The summed E-state index contributed by atoms with van der Waals surface area (Å²) in [5.41, 5.74) is 3.21. The van der Waals surface area contributed by atoms with E-state index >= 15 is 0 Å². The van der Waals surface area contributed by atoms with Crippen LogP contribution < -0.4 is 0 Å². The number of hydrogen-bond donors (Lipinski definition) is 1. The minimum atomic E-state index is -3.92. The Kier molecular flexibility index (Phi) is 7.40. The zero-order chi connectivity index (χ0) is 24.5. The second kappa shape index (κ2) is 9.99. The summed E-state index contributed by atoms with van der Waals surface area (Å²) < 4.78 is 27.1.